The Kier molecular flexibility index (Phi) is 4.48. The molecule has 100 valence electrons. The van der Waals surface area contributed by atoms with Gasteiger partial charge in [0.25, 0.3) is 0 Å². The van der Waals surface area contributed by atoms with E-state index in [4.69, 9.17) is 10.5 Å². The number of hydrogen-bond donors (Lipinski definition) is 1. The van der Waals surface area contributed by atoms with E-state index in [0.29, 0.717) is 18.1 Å². The van der Waals surface area contributed by atoms with Gasteiger partial charge in [-0.3, -0.25) is 0 Å². The minimum absolute atomic E-state index is 0.277. The predicted octanol–water partition coefficient (Wildman–Crippen LogP) is 3.63. The van der Waals surface area contributed by atoms with Crippen molar-refractivity contribution in [1.29, 1.82) is 0 Å². The van der Waals surface area contributed by atoms with Gasteiger partial charge in [0, 0.05) is 6.04 Å². The summed E-state index contributed by atoms with van der Waals surface area (Å²) in [4.78, 5) is 0. The van der Waals surface area contributed by atoms with Gasteiger partial charge < -0.3 is 10.5 Å². The Bertz CT molecular complexity index is 233. The summed E-state index contributed by atoms with van der Waals surface area (Å²) >= 11 is 0. The second-order valence-corrected chi connectivity index (χ2v) is 6.29. The van der Waals surface area contributed by atoms with E-state index in [1.165, 1.54) is 57.8 Å². The summed E-state index contributed by atoms with van der Waals surface area (Å²) in [7, 11) is 0. The molecule has 2 heteroatoms. The molecule has 0 aromatic rings. The first-order valence-electron chi connectivity index (χ1n) is 7.58. The van der Waals surface area contributed by atoms with Gasteiger partial charge in [-0.15, -0.1) is 0 Å². The lowest BCUT2D eigenvalue weighted by Crippen LogP contribution is -2.33. The molecule has 3 unspecified atom stereocenters. The number of ether oxygens (including phenoxy) is 1. The largest absolute Gasteiger partial charge is 0.372 e. The van der Waals surface area contributed by atoms with Gasteiger partial charge in [-0.05, 0) is 44.9 Å². The molecule has 2 fully saturated rings. The van der Waals surface area contributed by atoms with Crippen LogP contribution in [-0.4, -0.2) is 17.7 Å². The predicted molar refractivity (Wildman–Crippen MR) is 72.0 cm³/mol. The molecule has 1 saturated heterocycles. The van der Waals surface area contributed by atoms with Crippen LogP contribution in [0.15, 0.2) is 0 Å². The molecule has 2 nitrogen and oxygen atoms in total. The van der Waals surface area contributed by atoms with Gasteiger partial charge >= 0.3 is 0 Å². The Labute approximate surface area is 106 Å². The molecule has 0 amide bonds. The van der Waals surface area contributed by atoms with E-state index in [-0.39, 0.29) is 5.60 Å². The SMILES string of the molecule is CCC(CC1CCC2(CCCCC2)O1)C(C)N. The van der Waals surface area contributed by atoms with Gasteiger partial charge in [-0.1, -0.05) is 32.6 Å². The van der Waals surface area contributed by atoms with E-state index in [0.717, 1.165) is 0 Å². The average molecular weight is 239 g/mol. The second-order valence-electron chi connectivity index (χ2n) is 6.29. The molecule has 1 aliphatic heterocycles. The monoisotopic (exact) mass is 239 g/mol. The lowest BCUT2D eigenvalue weighted by Gasteiger charge is -2.34. The van der Waals surface area contributed by atoms with Crippen LogP contribution in [0.2, 0.25) is 0 Å². The molecule has 2 aliphatic rings. The van der Waals surface area contributed by atoms with Crippen molar-refractivity contribution in [3.05, 3.63) is 0 Å². The van der Waals surface area contributed by atoms with E-state index < -0.39 is 0 Å². The van der Waals surface area contributed by atoms with E-state index in [9.17, 15) is 0 Å². The lowest BCUT2D eigenvalue weighted by molar-refractivity contribution is -0.0706. The molecule has 0 radical (unpaired) electrons. The maximum absolute atomic E-state index is 6.42. The minimum atomic E-state index is 0.277. The Morgan fingerprint density at radius 2 is 1.94 bits per heavy atom. The molecule has 1 heterocycles. The van der Waals surface area contributed by atoms with Gasteiger partial charge in [0.1, 0.15) is 0 Å². The quantitative estimate of drug-likeness (QED) is 0.813. The Morgan fingerprint density at radius 3 is 2.53 bits per heavy atom. The van der Waals surface area contributed by atoms with Crippen LogP contribution in [0.4, 0.5) is 0 Å². The van der Waals surface area contributed by atoms with Crippen LogP contribution >= 0.6 is 0 Å². The van der Waals surface area contributed by atoms with Gasteiger partial charge in [0.15, 0.2) is 0 Å². The molecule has 2 N–H and O–H groups in total. The maximum Gasteiger partial charge on any atom is 0.0687 e. The minimum Gasteiger partial charge on any atom is -0.372 e. The molecular formula is C15H29NO. The summed E-state index contributed by atoms with van der Waals surface area (Å²) in [5.41, 5.74) is 6.32. The van der Waals surface area contributed by atoms with Crippen LogP contribution in [0.5, 0.6) is 0 Å². The highest BCUT2D eigenvalue weighted by molar-refractivity contribution is 4.92. The summed E-state index contributed by atoms with van der Waals surface area (Å²) in [6.45, 7) is 4.39. The second kappa shape index (κ2) is 5.71. The summed E-state index contributed by atoms with van der Waals surface area (Å²) in [5, 5.41) is 0. The third-order valence-corrected chi connectivity index (χ3v) is 4.94. The zero-order chi connectivity index (χ0) is 12.3. The first-order valence-corrected chi connectivity index (χ1v) is 7.58. The van der Waals surface area contributed by atoms with E-state index in [1.54, 1.807) is 0 Å². The van der Waals surface area contributed by atoms with Crippen molar-refractivity contribution in [3.8, 4) is 0 Å². The van der Waals surface area contributed by atoms with Crippen molar-refractivity contribution in [2.75, 3.05) is 0 Å². The van der Waals surface area contributed by atoms with Gasteiger partial charge in [0.05, 0.1) is 11.7 Å². The summed E-state index contributed by atoms with van der Waals surface area (Å²) in [6.07, 6.45) is 12.2. The van der Waals surface area contributed by atoms with Gasteiger partial charge in [-0.2, -0.15) is 0 Å². The third kappa shape index (κ3) is 3.23. The Morgan fingerprint density at radius 1 is 1.24 bits per heavy atom. The Balaban J connectivity index is 1.84. The molecule has 1 saturated carbocycles. The number of hydrogen-bond acceptors (Lipinski definition) is 2. The lowest BCUT2D eigenvalue weighted by atomic mass is 9.83. The van der Waals surface area contributed by atoms with Crippen molar-refractivity contribution >= 4 is 0 Å². The third-order valence-electron chi connectivity index (χ3n) is 4.94. The van der Waals surface area contributed by atoms with Crippen LogP contribution < -0.4 is 5.73 Å². The van der Waals surface area contributed by atoms with Crippen LogP contribution in [0, 0.1) is 5.92 Å². The van der Waals surface area contributed by atoms with Crippen molar-refractivity contribution < 1.29 is 4.74 Å². The topological polar surface area (TPSA) is 35.2 Å². The van der Waals surface area contributed by atoms with Crippen LogP contribution in [0.25, 0.3) is 0 Å². The molecule has 1 aliphatic carbocycles. The fraction of sp³-hybridized carbons (Fsp3) is 1.00. The van der Waals surface area contributed by atoms with Gasteiger partial charge in [-0.25, -0.2) is 0 Å². The molecule has 0 bridgehead atoms. The number of nitrogens with two attached hydrogens (primary N) is 1. The van der Waals surface area contributed by atoms with E-state index in [2.05, 4.69) is 13.8 Å². The normalized spacial score (nSPS) is 31.6. The highest BCUT2D eigenvalue weighted by Gasteiger charge is 2.41. The molecular weight excluding hydrogens is 210 g/mol. The van der Waals surface area contributed by atoms with Crippen molar-refractivity contribution in [3.63, 3.8) is 0 Å². The maximum atomic E-state index is 6.42. The highest BCUT2D eigenvalue weighted by atomic mass is 16.5. The van der Waals surface area contributed by atoms with Crippen molar-refractivity contribution in [2.24, 2.45) is 11.7 Å². The van der Waals surface area contributed by atoms with Crippen molar-refractivity contribution in [2.45, 2.75) is 89.4 Å². The molecule has 17 heavy (non-hydrogen) atoms. The summed E-state index contributed by atoms with van der Waals surface area (Å²) in [5.74, 6) is 0.638. The molecule has 3 atom stereocenters. The fourth-order valence-corrected chi connectivity index (χ4v) is 3.72. The molecule has 1 spiro atoms. The first-order chi connectivity index (χ1) is 8.15. The standard InChI is InChI=1S/C15H29NO/c1-3-13(12(2)16)11-14-7-10-15(17-14)8-5-4-6-9-15/h12-14H,3-11,16H2,1-2H3. The summed E-state index contributed by atoms with van der Waals surface area (Å²) < 4.78 is 6.42. The van der Waals surface area contributed by atoms with E-state index >= 15 is 0 Å². The zero-order valence-corrected chi connectivity index (χ0v) is 11.6. The average Bonchev–Trinajstić information content (AvgIpc) is 2.70. The number of rotatable bonds is 4. The van der Waals surface area contributed by atoms with Gasteiger partial charge in [0.2, 0.25) is 0 Å². The summed E-state index contributed by atoms with van der Waals surface area (Å²) in [6, 6.07) is 0.312. The van der Waals surface area contributed by atoms with Crippen LogP contribution in [-0.2, 0) is 4.74 Å². The van der Waals surface area contributed by atoms with Crippen molar-refractivity contribution in [1.82, 2.24) is 0 Å². The van der Waals surface area contributed by atoms with Crippen LogP contribution in [0.1, 0.15) is 71.6 Å². The molecule has 0 aromatic heterocycles. The molecule has 0 aromatic carbocycles. The fourth-order valence-electron chi connectivity index (χ4n) is 3.72. The highest BCUT2D eigenvalue weighted by Crippen LogP contribution is 2.43. The zero-order valence-electron chi connectivity index (χ0n) is 11.6. The first kappa shape index (κ1) is 13.4. The Hall–Kier alpha value is -0.0800. The smallest absolute Gasteiger partial charge is 0.0687 e. The molecule has 2 rings (SSSR count). The van der Waals surface area contributed by atoms with Crippen LogP contribution in [0.3, 0.4) is 0 Å². The van der Waals surface area contributed by atoms with E-state index in [1.807, 2.05) is 0 Å².